The van der Waals surface area contributed by atoms with Gasteiger partial charge in [0.15, 0.2) is 0 Å². The summed E-state index contributed by atoms with van der Waals surface area (Å²) in [5, 5.41) is 12.5. The van der Waals surface area contributed by atoms with Crippen LogP contribution in [-0.2, 0) is 0 Å². The molecule has 3 nitrogen and oxygen atoms in total. The highest BCUT2D eigenvalue weighted by Gasteiger charge is 2.30. The van der Waals surface area contributed by atoms with Gasteiger partial charge in [-0.05, 0) is 22.4 Å². The summed E-state index contributed by atoms with van der Waals surface area (Å²) in [6, 6.07) is 11.4. The molecule has 0 aliphatic carbocycles. The first-order valence-corrected chi connectivity index (χ1v) is 6.85. The van der Waals surface area contributed by atoms with Crippen LogP contribution in [-0.4, -0.2) is 18.3 Å². The van der Waals surface area contributed by atoms with Crippen molar-refractivity contribution in [1.29, 1.82) is 0 Å². The van der Waals surface area contributed by atoms with Gasteiger partial charge in [0, 0.05) is 5.39 Å². The summed E-state index contributed by atoms with van der Waals surface area (Å²) in [5.74, 6) is 0.821. The Labute approximate surface area is 132 Å². The fourth-order valence-electron chi connectivity index (χ4n) is 2.47. The van der Waals surface area contributed by atoms with E-state index in [9.17, 15) is 5.11 Å². The number of halogens is 1. The van der Waals surface area contributed by atoms with E-state index >= 15 is 0 Å². The highest BCUT2D eigenvalue weighted by atomic mass is 35.5. The monoisotopic (exact) mass is 309 g/mol. The van der Waals surface area contributed by atoms with Gasteiger partial charge in [-0.25, -0.2) is 0 Å². The molecular weight excluding hydrogens is 286 g/mol. The molecule has 3 N–H and O–H groups in total. The van der Waals surface area contributed by atoms with Gasteiger partial charge in [-0.1, -0.05) is 51.1 Å². The Hall–Kier alpha value is -1.29. The molecule has 0 unspecified atom stereocenters. The second-order valence-electron chi connectivity index (χ2n) is 6.24. The Kier molecular flexibility index (Phi) is 5.62. The quantitative estimate of drug-likeness (QED) is 0.909. The smallest absolute Gasteiger partial charge is 0.126 e. The van der Waals surface area contributed by atoms with Crippen LogP contribution < -0.4 is 10.5 Å². The molecule has 2 aromatic carbocycles. The molecule has 0 fully saturated rings. The minimum atomic E-state index is -0.612. The Morgan fingerprint density at radius 3 is 2.14 bits per heavy atom. The second-order valence-corrected chi connectivity index (χ2v) is 6.24. The van der Waals surface area contributed by atoms with Crippen molar-refractivity contribution in [3.05, 3.63) is 42.0 Å². The van der Waals surface area contributed by atoms with Crippen LogP contribution in [0.3, 0.4) is 0 Å². The minimum absolute atomic E-state index is 0. The molecule has 0 heterocycles. The molecule has 2 aromatic rings. The minimum Gasteiger partial charge on any atom is -0.496 e. The van der Waals surface area contributed by atoms with Crippen LogP contribution >= 0.6 is 12.4 Å². The van der Waals surface area contributed by atoms with Gasteiger partial charge in [0.1, 0.15) is 5.75 Å². The maximum atomic E-state index is 10.4. The molecule has 0 saturated heterocycles. The van der Waals surface area contributed by atoms with E-state index in [0.29, 0.717) is 0 Å². The number of fused-ring (bicyclic) bond motifs is 1. The molecule has 2 rings (SSSR count). The number of ether oxygens (including phenoxy) is 1. The lowest BCUT2D eigenvalue weighted by Gasteiger charge is -2.31. The van der Waals surface area contributed by atoms with Crippen molar-refractivity contribution in [2.45, 2.75) is 32.9 Å². The molecular formula is C17H24ClNO2. The molecule has 0 spiro atoms. The van der Waals surface area contributed by atoms with Gasteiger partial charge >= 0.3 is 0 Å². The van der Waals surface area contributed by atoms with E-state index in [4.69, 9.17) is 10.5 Å². The number of nitrogens with two attached hydrogens (primary N) is 1. The van der Waals surface area contributed by atoms with Crippen molar-refractivity contribution in [1.82, 2.24) is 0 Å². The molecule has 0 saturated carbocycles. The summed E-state index contributed by atoms with van der Waals surface area (Å²) >= 11 is 0. The normalized spacial score (nSPS) is 14.4. The van der Waals surface area contributed by atoms with Crippen LogP contribution in [0.5, 0.6) is 5.75 Å². The number of benzene rings is 2. The third kappa shape index (κ3) is 3.49. The molecule has 0 radical (unpaired) electrons. The number of hydrogen-bond donors (Lipinski definition) is 2. The van der Waals surface area contributed by atoms with E-state index in [1.54, 1.807) is 7.11 Å². The van der Waals surface area contributed by atoms with Gasteiger partial charge in [-0.3, -0.25) is 0 Å². The van der Waals surface area contributed by atoms with Gasteiger partial charge in [0.25, 0.3) is 0 Å². The average molecular weight is 310 g/mol. The highest BCUT2D eigenvalue weighted by Crippen LogP contribution is 2.35. The van der Waals surface area contributed by atoms with Crippen molar-refractivity contribution >= 4 is 23.2 Å². The van der Waals surface area contributed by atoms with Crippen LogP contribution in [0.15, 0.2) is 36.4 Å². The topological polar surface area (TPSA) is 55.5 Å². The predicted octanol–water partition coefficient (Wildman–Crippen LogP) is 3.68. The fraction of sp³-hybridized carbons (Fsp3) is 0.412. The van der Waals surface area contributed by atoms with Crippen molar-refractivity contribution in [3.8, 4) is 5.75 Å². The van der Waals surface area contributed by atoms with E-state index in [0.717, 1.165) is 22.1 Å². The number of rotatable bonds is 3. The van der Waals surface area contributed by atoms with Gasteiger partial charge in [-0.2, -0.15) is 0 Å². The van der Waals surface area contributed by atoms with Crippen LogP contribution in [0, 0.1) is 5.41 Å². The van der Waals surface area contributed by atoms with Gasteiger partial charge in [0.05, 0.1) is 19.3 Å². The molecule has 0 bridgehead atoms. The Bertz CT molecular complexity index is 607. The summed E-state index contributed by atoms with van der Waals surface area (Å²) in [6.45, 7) is 5.97. The largest absolute Gasteiger partial charge is 0.496 e. The summed E-state index contributed by atoms with van der Waals surface area (Å²) in [4.78, 5) is 0. The van der Waals surface area contributed by atoms with Gasteiger partial charge in [-0.15, -0.1) is 12.4 Å². The second kappa shape index (κ2) is 6.65. The fourth-order valence-corrected chi connectivity index (χ4v) is 2.47. The molecule has 0 amide bonds. The first-order chi connectivity index (χ1) is 9.36. The van der Waals surface area contributed by atoms with Gasteiger partial charge < -0.3 is 15.6 Å². The predicted molar refractivity (Wildman–Crippen MR) is 90.1 cm³/mol. The van der Waals surface area contributed by atoms with E-state index < -0.39 is 12.1 Å². The zero-order valence-corrected chi connectivity index (χ0v) is 13.8. The molecule has 0 aliphatic heterocycles. The number of aliphatic hydroxyl groups is 1. The molecule has 2 atom stereocenters. The van der Waals surface area contributed by atoms with Gasteiger partial charge in [0.2, 0.25) is 0 Å². The Morgan fingerprint density at radius 2 is 1.62 bits per heavy atom. The van der Waals surface area contributed by atoms with E-state index in [-0.39, 0.29) is 17.8 Å². The lowest BCUT2D eigenvalue weighted by Crippen LogP contribution is -2.37. The first kappa shape index (κ1) is 17.8. The molecule has 21 heavy (non-hydrogen) atoms. The SMILES string of the molecule is COc1ccc([C@@H](N)[C@@H](O)C(C)(C)C)c2ccccc12.Cl. The van der Waals surface area contributed by atoms with Crippen molar-refractivity contribution in [2.24, 2.45) is 11.1 Å². The molecule has 0 aliphatic rings. The zero-order chi connectivity index (χ0) is 14.9. The molecule has 0 aromatic heterocycles. The van der Waals surface area contributed by atoms with Crippen LogP contribution in [0.2, 0.25) is 0 Å². The number of hydrogen-bond acceptors (Lipinski definition) is 3. The zero-order valence-electron chi connectivity index (χ0n) is 13.0. The standard InChI is InChI=1S/C17H23NO2.ClH/c1-17(2,3)16(19)15(18)13-9-10-14(20-4)12-8-6-5-7-11(12)13;/h5-10,15-16,19H,18H2,1-4H3;1H/t15-,16-;/m1./s1. The van der Waals surface area contributed by atoms with Crippen molar-refractivity contribution in [2.75, 3.05) is 7.11 Å². The van der Waals surface area contributed by atoms with E-state index in [1.165, 1.54) is 0 Å². The average Bonchev–Trinajstić information content (AvgIpc) is 2.43. The molecule has 4 heteroatoms. The Balaban J connectivity index is 0.00000220. The van der Waals surface area contributed by atoms with E-state index in [2.05, 4.69) is 0 Å². The lowest BCUT2D eigenvalue weighted by molar-refractivity contribution is 0.0405. The lowest BCUT2D eigenvalue weighted by atomic mass is 9.81. The third-order valence-electron chi connectivity index (χ3n) is 3.72. The molecule has 116 valence electrons. The summed E-state index contributed by atoms with van der Waals surface area (Å²) in [7, 11) is 1.66. The van der Waals surface area contributed by atoms with Crippen LogP contribution in [0.1, 0.15) is 32.4 Å². The maximum absolute atomic E-state index is 10.4. The van der Waals surface area contributed by atoms with Crippen LogP contribution in [0.4, 0.5) is 0 Å². The summed E-state index contributed by atoms with van der Waals surface area (Å²) < 4.78 is 5.39. The third-order valence-corrected chi connectivity index (χ3v) is 3.72. The summed E-state index contributed by atoms with van der Waals surface area (Å²) in [6.07, 6.45) is -0.612. The highest BCUT2D eigenvalue weighted by molar-refractivity contribution is 5.91. The van der Waals surface area contributed by atoms with Crippen molar-refractivity contribution < 1.29 is 9.84 Å². The number of aliphatic hydroxyl groups excluding tert-OH is 1. The first-order valence-electron chi connectivity index (χ1n) is 6.85. The Morgan fingerprint density at radius 1 is 1.05 bits per heavy atom. The number of methoxy groups -OCH3 is 1. The maximum Gasteiger partial charge on any atom is 0.126 e. The summed E-state index contributed by atoms with van der Waals surface area (Å²) in [5.41, 5.74) is 6.98. The van der Waals surface area contributed by atoms with E-state index in [1.807, 2.05) is 57.2 Å². The van der Waals surface area contributed by atoms with Crippen molar-refractivity contribution in [3.63, 3.8) is 0 Å². The van der Waals surface area contributed by atoms with Crippen LogP contribution in [0.25, 0.3) is 10.8 Å².